The highest BCUT2D eigenvalue weighted by molar-refractivity contribution is 7.89. The molecule has 0 aliphatic rings. The lowest BCUT2D eigenvalue weighted by Crippen LogP contribution is -2.39. The second-order valence-electron chi connectivity index (χ2n) is 8.70. The predicted molar refractivity (Wildman–Crippen MR) is 162 cm³/mol. The van der Waals surface area contributed by atoms with Crippen molar-refractivity contribution < 1.29 is 27.4 Å². The number of hydrogen-bond donors (Lipinski definition) is 0. The molecule has 0 unspecified atom stereocenters. The van der Waals surface area contributed by atoms with Crippen LogP contribution in [-0.4, -0.2) is 102 Å². The molecule has 0 fully saturated rings. The standard InChI is InChI=1S/C27H38N4O6S2.ClH/c1-6-29(7-2)15-16-31(27-28-25-23(37-5)9-8-10-24(25)38-27)26(32)21-11-13-22(14-12-21)39(33,34)30(17-19-35-3)18-20-36-4;/h8-14H,6-7,15-20H2,1-5H3;1H. The molecule has 3 rings (SSSR count). The molecule has 0 radical (unpaired) electrons. The van der Waals surface area contributed by atoms with Crippen molar-refractivity contribution in [3.8, 4) is 5.75 Å². The van der Waals surface area contributed by atoms with E-state index < -0.39 is 10.0 Å². The summed E-state index contributed by atoms with van der Waals surface area (Å²) in [5.41, 5.74) is 1.08. The second kappa shape index (κ2) is 16.2. The van der Waals surface area contributed by atoms with Crippen LogP contribution in [0.4, 0.5) is 5.13 Å². The number of aromatic nitrogens is 1. The number of hydrogen-bond acceptors (Lipinski definition) is 9. The van der Waals surface area contributed by atoms with Gasteiger partial charge in [-0.1, -0.05) is 31.3 Å². The summed E-state index contributed by atoms with van der Waals surface area (Å²) in [6.45, 7) is 7.91. The van der Waals surface area contributed by atoms with Crippen molar-refractivity contribution in [3.05, 3.63) is 48.0 Å². The van der Waals surface area contributed by atoms with Gasteiger partial charge in [-0.3, -0.25) is 9.69 Å². The van der Waals surface area contributed by atoms with Crippen molar-refractivity contribution in [2.75, 3.05) is 78.7 Å². The normalized spacial score (nSPS) is 11.7. The number of carbonyl (C=O) groups is 1. The zero-order chi connectivity index (χ0) is 28.4. The van der Waals surface area contributed by atoms with Crippen LogP contribution in [0.5, 0.6) is 5.75 Å². The number of para-hydroxylation sites is 1. The Morgan fingerprint density at radius 3 is 2.08 bits per heavy atom. The maximum atomic E-state index is 13.8. The van der Waals surface area contributed by atoms with Crippen LogP contribution < -0.4 is 9.64 Å². The minimum absolute atomic E-state index is 0. The third kappa shape index (κ3) is 8.12. The Bertz CT molecular complexity index is 1310. The summed E-state index contributed by atoms with van der Waals surface area (Å²) in [5, 5.41) is 0.564. The predicted octanol–water partition coefficient (Wildman–Crippen LogP) is 4.00. The fourth-order valence-corrected chi connectivity index (χ4v) is 6.49. The minimum atomic E-state index is -3.80. The Morgan fingerprint density at radius 1 is 0.900 bits per heavy atom. The van der Waals surface area contributed by atoms with E-state index in [4.69, 9.17) is 19.2 Å². The zero-order valence-corrected chi connectivity index (χ0v) is 26.1. The number of anilines is 1. The van der Waals surface area contributed by atoms with Gasteiger partial charge in [-0.15, -0.1) is 12.4 Å². The molecule has 10 nitrogen and oxygen atoms in total. The number of benzene rings is 2. The van der Waals surface area contributed by atoms with Crippen LogP contribution in [0.2, 0.25) is 0 Å². The van der Waals surface area contributed by atoms with Gasteiger partial charge in [0.2, 0.25) is 10.0 Å². The molecule has 2 aromatic carbocycles. The van der Waals surface area contributed by atoms with E-state index >= 15 is 0 Å². The lowest BCUT2D eigenvalue weighted by molar-refractivity contribution is 0.0983. The average molecular weight is 615 g/mol. The van der Waals surface area contributed by atoms with Gasteiger partial charge in [-0.2, -0.15) is 4.31 Å². The number of nitrogens with zero attached hydrogens (tertiary/aromatic N) is 4. The van der Waals surface area contributed by atoms with Crippen molar-refractivity contribution >= 4 is 55.0 Å². The molecule has 1 heterocycles. The van der Waals surface area contributed by atoms with E-state index in [1.54, 1.807) is 24.1 Å². The fourth-order valence-electron chi connectivity index (χ4n) is 4.07. The Labute approximate surface area is 247 Å². The summed E-state index contributed by atoms with van der Waals surface area (Å²) >= 11 is 1.42. The van der Waals surface area contributed by atoms with E-state index in [1.165, 1.54) is 42.0 Å². The molecule has 0 N–H and O–H groups in total. The summed E-state index contributed by atoms with van der Waals surface area (Å²) < 4.78 is 44.4. The molecule has 0 bridgehead atoms. The topological polar surface area (TPSA) is 102 Å². The van der Waals surface area contributed by atoms with Gasteiger partial charge in [-0.25, -0.2) is 13.4 Å². The monoisotopic (exact) mass is 614 g/mol. The van der Waals surface area contributed by atoms with Crippen molar-refractivity contribution in [2.45, 2.75) is 18.7 Å². The first-order valence-corrected chi connectivity index (χ1v) is 15.1. The number of rotatable bonds is 16. The molecule has 40 heavy (non-hydrogen) atoms. The van der Waals surface area contributed by atoms with Crippen molar-refractivity contribution in [1.29, 1.82) is 0 Å². The van der Waals surface area contributed by atoms with Crippen LogP contribution >= 0.6 is 23.7 Å². The summed E-state index contributed by atoms with van der Waals surface area (Å²) in [4.78, 5) is 22.5. The molecule has 1 amide bonds. The molecule has 222 valence electrons. The summed E-state index contributed by atoms with van der Waals surface area (Å²) in [6.07, 6.45) is 0. The van der Waals surface area contributed by atoms with Crippen molar-refractivity contribution in [1.82, 2.24) is 14.2 Å². The third-order valence-corrected chi connectivity index (χ3v) is 9.39. The maximum absolute atomic E-state index is 13.8. The molecule has 13 heteroatoms. The first kappa shape index (κ1) is 33.9. The second-order valence-corrected chi connectivity index (χ2v) is 11.6. The molecular weight excluding hydrogens is 576 g/mol. The van der Waals surface area contributed by atoms with Crippen LogP contribution in [0.1, 0.15) is 24.2 Å². The third-order valence-electron chi connectivity index (χ3n) is 6.43. The highest BCUT2D eigenvalue weighted by Gasteiger charge is 2.26. The van der Waals surface area contributed by atoms with Gasteiger partial charge in [0, 0.05) is 46.0 Å². The number of methoxy groups -OCH3 is 3. The molecule has 0 saturated heterocycles. The SMILES string of the molecule is CCN(CC)CCN(C(=O)c1ccc(S(=O)(=O)N(CCOC)CCOC)cc1)c1nc2c(OC)cccc2s1.Cl. The molecular formula is C27H39ClN4O6S2. The molecule has 0 aliphatic heterocycles. The van der Waals surface area contributed by atoms with E-state index in [0.717, 1.165) is 17.8 Å². The van der Waals surface area contributed by atoms with E-state index in [9.17, 15) is 13.2 Å². The number of fused-ring (bicyclic) bond motifs is 1. The first-order valence-electron chi connectivity index (χ1n) is 12.9. The Balaban J connectivity index is 0.00000560. The quantitative estimate of drug-likeness (QED) is 0.239. The maximum Gasteiger partial charge on any atom is 0.260 e. The van der Waals surface area contributed by atoms with Crippen LogP contribution in [0.3, 0.4) is 0 Å². The van der Waals surface area contributed by atoms with Crippen LogP contribution in [0, 0.1) is 0 Å². The number of likely N-dealkylation sites (N-methyl/N-ethyl adjacent to an activating group) is 1. The number of thiazole rings is 1. The van der Waals surface area contributed by atoms with Crippen molar-refractivity contribution in [3.63, 3.8) is 0 Å². The van der Waals surface area contributed by atoms with Gasteiger partial charge < -0.3 is 19.1 Å². The summed E-state index contributed by atoms with van der Waals surface area (Å²) in [6, 6.07) is 11.7. The first-order chi connectivity index (χ1) is 18.8. The van der Waals surface area contributed by atoms with E-state index in [2.05, 4.69) is 18.7 Å². The number of ether oxygens (including phenoxy) is 3. The van der Waals surface area contributed by atoms with Crippen molar-refractivity contribution in [2.24, 2.45) is 0 Å². The highest BCUT2D eigenvalue weighted by atomic mass is 35.5. The number of carbonyl (C=O) groups excluding carboxylic acids is 1. The Morgan fingerprint density at radius 2 is 1.52 bits per heavy atom. The molecule has 0 atom stereocenters. The van der Waals surface area contributed by atoms with E-state index in [0.29, 0.717) is 35.1 Å². The Hall–Kier alpha value is -2.32. The Kier molecular flexibility index (Phi) is 13.7. The fraction of sp³-hybridized carbons (Fsp3) is 0.481. The van der Waals surface area contributed by atoms with Crippen LogP contribution in [0.25, 0.3) is 10.2 Å². The molecule has 0 aliphatic carbocycles. The van der Waals surface area contributed by atoms with Gasteiger partial charge in [0.25, 0.3) is 5.91 Å². The smallest absolute Gasteiger partial charge is 0.260 e. The van der Waals surface area contributed by atoms with Gasteiger partial charge in [-0.05, 0) is 49.5 Å². The molecule has 1 aromatic heterocycles. The molecule has 3 aromatic rings. The average Bonchev–Trinajstić information content (AvgIpc) is 3.39. The van der Waals surface area contributed by atoms with E-state index in [-0.39, 0.29) is 49.5 Å². The highest BCUT2D eigenvalue weighted by Crippen LogP contribution is 2.34. The summed E-state index contributed by atoms with van der Waals surface area (Å²) in [7, 11) is 0.845. The van der Waals surface area contributed by atoms with Crippen LogP contribution in [0.15, 0.2) is 47.4 Å². The molecule has 0 spiro atoms. The van der Waals surface area contributed by atoms with Gasteiger partial charge in [0.05, 0.1) is 29.9 Å². The lowest BCUT2D eigenvalue weighted by Gasteiger charge is -2.25. The largest absolute Gasteiger partial charge is 0.494 e. The molecule has 0 saturated carbocycles. The summed E-state index contributed by atoms with van der Waals surface area (Å²) in [5.74, 6) is 0.395. The van der Waals surface area contributed by atoms with Gasteiger partial charge in [0.1, 0.15) is 11.3 Å². The lowest BCUT2D eigenvalue weighted by atomic mass is 10.2. The number of amides is 1. The zero-order valence-electron chi connectivity index (χ0n) is 23.7. The number of halogens is 1. The van der Waals surface area contributed by atoms with Crippen LogP contribution in [-0.2, 0) is 19.5 Å². The number of sulfonamides is 1. The minimum Gasteiger partial charge on any atom is -0.494 e. The van der Waals surface area contributed by atoms with Gasteiger partial charge in [0.15, 0.2) is 5.13 Å². The van der Waals surface area contributed by atoms with E-state index in [1.807, 2.05) is 18.2 Å². The van der Waals surface area contributed by atoms with Gasteiger partial charge >= 0.3 is 0 Å².